The molecule has 5 nitrogen and oxygen atoms in total. The summed E-state index contributed by atoms with van der Waals surface area (Å²) in [5, 5.41) is 12.1. The molecule has 4 rings (SSSR count). The fraction of sp³-hybridized carbons (Fsp3) is 0.222. The van der Waals surface area contributed by atoms with Gasteiger partial charge in [0.05, 0.1) is 11.4 Å². The molecule has 0 atom stereocenters. The van der Waals surface area contributed by atoms with Crippen LogP contribution in [0.2, 0.25) is 0 Å². The van der Waals surface area contributed by atoms with E-state index in [1.165, 1.54) is 28.5 Å². The summed E-state index contributed by atoms with van der Waals surface area (Å²) in [6, 6.07) is 27.2. The van der Waals surface area contributed by atoms with Crippen LogP contribution < -0.4 is 5.32 Å². The van der Waals surface area contributed by atoms with Gasteiger partial charge in [-0.3, -0.25) is 9.36 Å². The molecule has 168 valence electrons. The molecule has 6 heteroatoms. The van der Waals surface area contributed by atoms with E-state index in [2.05, 4.69) is 96.1 Å². The molecule has 1 aromatic heterocycles. The number of hydrogen-bond donors (Lipinski definition) is 1. The van der Waals surface area contributed by atoms with Crippen LogP contribution in [0, 0.1) is 13.8 Å². The van der Waals surface area contributed by atoms with Crippen molar-refractivity contribution in [2.75, 3.05) is 12.3 Å². The zero-order valence-electron chi connectivity index (χ0n) is 18.9. The molecule has 1 amide bonds. The second-order valence-corrected chi connectivity index (χ2v) is 9.02. The third kappa shape index (κ3) is 5.90. The van der Waals surface area contributed by atoms with Gasteiger partial charge in [-0.05, 0) is 43.0 Å². The Morgan fingerprint density at radius 3 is 2.27 bits per heavy atom. The molecule has 0 aliphatic rings. The Hall–Kier alpha value is -3.38. The molecule has 4 aromatic rings. The molecule has 0 saturated heterocycles. The largest absolute Gasteiger partial charge is 0.355 e. The minimum absolute atomic E-state index is 0.00458. The lowest BCUT2D eigenvalue weighted by atomic mass is 9.88. The van der Waals surface area contributed by atoms with Gasteiger partial charge in [0.2, 0.25) is 5.91 Å². The van der Waals surface area contributed by atoms with Crippen LogP contribution in [0.25, 0.3) is 5.69 Å². The number of carbonyl (C=O) groups excluding carboxylic acids is 1. The topological polar surface area (TPSA) is 59.8 Å². The molecule has 0 aliphatic carbocycles. The maximum Gasteiger partial charge on any atom is 0.230 e. The highest BCUT2D eigenvalue weighted by Gasteiger charge is 2.15. The third-order valence-electron chi connectivity index (χ3n) is 5.62. The van der Waals surface area contributed by atoms with E-state index >= 15 is 0 Å². The number of amides is 1. The summed E-state index contributed by atoms with van der Waals surface area (Å²) in [4.78, 5) is 12.6. The predicted molar refractivity (Wildman–Crippen MR) is 134 cm³/mol. The van der Waals surface area contributed by atoms with E-state index in [9.17, 15) is 4.79 Å². The lowest BCUT2D eigenvalue weighted by molar-refractivity contribution is -0.118. The molecule has 33 heavy (non-hydrogen) atoms. The Kier molecular flexibility index (Phi) is 7.58. The van der Waals surface area contributed by atoms with E-state index in [1.54, 1.807) is 6.33 Å². The van der Waals surface area contributed by atoms with Crippen LogP contribution in [-0.2, 0) is 4.79 Å². The van der Waals surface area contributed by atoms with Crippen molar-refractivity contribution in [2.45, 2.75) is 31.3 Å². The number of rotatable bonds is 9. The van der Waals surface area contributed by atoms with Crippen LogP contribution >= 0.6 is 11.8 Å². The van der Waals surface area contributed by atoms with Crippen molar-refractivity contribution < 1.29 is 4.79 Å². The first-order valence-corrected chi connectivity index (χ1v) is 12.1. The number of benzene rings is 3. The van der Waals surface area contributed by atoms with Crippen LogP contribution in [0.15, 0.2) is 90.3 Å². The summed E-state index contributed by atoms with van der Waals surface area (Å²) >= 11 is 1.40. The molecule has 0 unspecified atom stereocenters. The van der Waals surface area contributed by atoms with Crippen molar-refractivity contribution in [1.82, 2.24) is 20.1 Å². The first kappa shape index (κ1) is 22.8. The van der Waals surface area contributed by atoms with Gasteiger partial charge in [-0.1, -0.05) is 90.1 Å². The maximum atomic E-state index is 12.6. The molecule has 0 radical (unpaired) electrons. The van der Waals surface area contributed by atoms with Crippen LogP contribution in [-0.4, -0.2) is 33.0 Å². The van der Waals surface area contributed by atoms with Gasteiger partial charge in [-0.2, -0.15) is 0 Å². The van der Waals surface area contributed by atoms with E-state index < -0.39 is 0 Å². The van der Waals surface area contributed by atoms with E-state index in [0.717, 1.165) is 17.7 Å². The van der Waals surface area contributed by atoms with Gasteiger partial charge in [-0.15, -0.1) is 10.2 Å². The lowest BCUT2D eigenvalue weighted by Crippen LogP contribution is -2.27. The fourth-order valence-corrected chi connectivity index (χ4v) is 4.75. The van der Waals surface area contributed by atoms with Gasteiger partial charge in [0.15, 0.2) is 5.16 Å². The summed E-state index contributed by atoms with van der Waals surface area (Å²) in [6.07, 6.45) is 2.53. The SMILES string of the molecule is Cc1ccc(-n2cnnc2SCC(=O)NCCC(c2ccccc2)c2ccccc2)c(C)c1. The normalized spacial score (nSPS) is 11.0. The fourth-order valence-electron chi connectivity index (χ4n) is 4.00. The first-order chi connectivity index (χ1) is 16.1. The smallest absolute Gasteiger partial charge is 0.230 e. The van der Waals surface area contributed by atoms with Crippen molar-refractivity contribution >= 4 is 17.7 Å². The van der Waals surface area contributed by atoms with Gasteiger partial charge in [0.1, 0.15) is 6.33 Å². The van der Waals surface area contributed by atoms with Crippen LogP contribution in [0.4, 0.5) is 0 Å². The zero-order valence-corrected chi connectivity index (χ0v) is 19.8. The van der Waals surface area contributed by atoms with E-state index in [1.807, 2.05) is 16.7 Å². The number of hydrogen-bond acceptors (Lipinski definition) is 4. The lowest BCUT2D eigenvalue weighted by Gasteiger charge is -2.18. The Morgan fingerprint density at radius 1 is 0.970 bits per heavy atom. The summed E-state index contributed by atoms with van der Waals surface area (Å²) in [5.74, 6) is 0.535. The summed E-state index contributed by atoms with van der Waals surface area (Å²) in [7, 11) is 0. The second kappa shape index (κ2) is 11.0. The van der Waals surface area contributed by atoms with Crippen LogP contribution in [0.1, 0.15) is 34.6 Å². The minimum atomic E-state index is -0.00458. The summed E-state index contributed by atoms with van der Waals surface area (Å²) in [6.45, 7) is 4.75. The molecule has 0 aliphatic heterocycles. The van der Waals surface area contributed by atoms with Gasteiger partial charge in [-0.25, -0.2) is 0 Å². The Morgan fingerprint density at radius 2 is 1.64 bits per heavy atom. The monoisotopic (exact) mass is 456 g/mol. The molecule has 0 fully saturated rings. The van der Waals surface area contributed by atoms with Crippen molar-refractivity contribution in [3.63, 3.8) is 0 Å². The molecule has 1 N–H and O–H groups in total. The average Bonchev–Trinajstić information content (AvgIpc) is 3.30. The first-order valence-electron chi connectivity index (χ1n) is 11.1. The number of aryl methyl sites for hydroxylation is 2. The Bertz CT molecular complexity index is 1150. The predicted octanol–water partition coefficient (Wildman–Crippen LogP) is 5.31. The number of nitrogens with zero attached hydrogens (tertiary/aromatic N) is 3. The standard InChI is InChI=1S/C27H28N4OS/c1-20-13-14-25(21(2)17-20)31-19-29-30-27(31)33-18-26(32)28-16-15-24(22-9-5-3-6-10-22)23-11-7-4-8-12-23/h3-14,17,19,24H,15-16,18H2,1-2H3,(H,28,32). The molecule has 0 spiro atoms. The summed E-state index contributed by atoms with van der Waals surface area (Å²) < 4.78 is 1.94. The Balaban J connectivity index is 1.34. The van der Waals surface area contributed by atoms with Crippen molar-refractivity contribution in [1.29, 1.82) is 0 Å². The highest BCUT2D eigenvalue weighted by Crippen LogP contribution is 2.27. The molecule has 3 aromatic carbocycles. The second-order valence-electron chi connectivity index (χ2n) is 8.07. The van der Waals surface area contributed by atoms with E-state index in [4.69, 9.17) is 0 Å². The number of aromatic nitrogens is 3. The van der Waals surface area contributed by atoms with Crippen molar-refractivity contribution in [3.05, 3.63) is 107 Å². The average molecular weight is 457 g/mol. The highest BCUT2D eigenvalue weighted by molar-refractivity contribution is 7.99. The maximum absolute atomic E-state index is 12.6. The molecule has 0 bridgehead atoms. The quantitative estimate of drug-likeness (QED) is 0.347. The van der Waals surface area contributed by atoms with E-state index in [-0.39, 0.29) is 11.8 Å². The number of carbonyl (C=O) groups is 1. The van der Waals surface area contributed by atoms with E-state index in [0.29, 0.717) is 17.5 Å². The molecule has 1 heterocycles. The Labute approximate surface area is 199 Å². The van der Waals surface area contributed by atoms with Gasteiger partial charge < -0.3 is 5.32 Å². The van der Waals surface area contributed by atoms with Crippen molar-refractivity contribution in [2.24, 2.45) is 0 Å². The highest BCUT2D eigenvalue weighted by atomic mass is 32.2. The van der Waals surface area contributed by atoms with Crippen molar-refractivity contribution in [3.8, 4) is 5.69 Å². The third-order valence-corrected chi connectivity index (χ3v) is 6.56. The molecular weight excluding hydrogens is 428 g/mol. The van der Waals surface area contributed by atoms with Gasteiger partial charge >= 0.3 is 0 Å². The molecular formula is C27H28N4OS. The number of thioether (sulfide) groups is 1. The zero-order chi connectivity index (χ0) is 23.0. The van der Waals surface area contributed by atoms with Crippen LogP contribution in [0.5, 0.6) is 0 Å². The van der Waals surface area contributed by atoms with Gasteiger partial charge in [0.25, 0.3) is 0 Å². The number of nitrogens with one attached hydrogen (secondary N) is 1. The molecule has 0 saturated carbocycles. The minimum Gasteiger partial charge on any atom is -0.355 e. The summed E-state index contributed by atoms with van der Waals surface area (Å²) in [5.41, 5.74) is 5.90. The van der Waals surface area contributed by atoms with Gasteiger partial charge in [0, 0.05) is 12.5 Å². The van der Waals surface area contributed by atoms with Crippen LogP contribution in [0.3, 0.4) is 0 Å².